The molecule has 1 aromatic rings. The molecule has 2 rings (SSSR count). The molecule has 0 spiro atoms. The molecule has 0 unspecified atom stereocenters. The van der Waals surface area contributed by atoms with Crippen LogP contribution in [0.2, 0.25) is 0 Å². The minimum Gasteiger partial charge on any atom is -0.224 e. The highest BCUT2D eigenvalue weighted by molar-refractivity contribution is 7.91. The van der Waals surface area contributed by atoms with Crippen molar-refractivity contribution in [3.63, 3.8) is 0 Å². The van der Waals surface area contributed by atoms with Gasteiger partial charge >= 0.3 is 0 Å². The topological polar surface area (TPSA) is 57.9 Å². The van der Waals surface area contributed by atoms with Crippen LogP contribution < -0.4 is 0 Å². The van der Waals surface area contributed by atoms with E-state index < -0.39 is 9.84 Å². The lowest BCUT2D eigenvalue weighted by molar-refractivity contribution is 0.431. The van der Waals surface area contributed by atoms with Crippen molar-refractivity contribution in [2.24, 2.45) is 5.41 Å². The molecule has 3 nitrogen and oxygen atoms in total. The molecule has 0 saturated heterocycles. The molecule has 0 aliphatic heterocycles. The Morgan fingerprint density at radius 1 is 1.19 bits per heavy atom. The second kappa shape index (κ2) is 6.19. The third kappa shape index (κ3) is 4.07. The van der Waals surface area contributed by atoms with Crippen molar-refractivity contribution in [3.8, 4) is 6.07 Å². The lowest BCUT2D eigenvalue weighted by Gasteiger charge is -2.14. The van der Waals surface area contributed by atoms with Gasteiger partial charge in [0.1, 0.15) is 0 Å². The molecule has 0 heterocycles. The number of aryl methyl sites for hydroxylation is 2. The molecular weight excluding hydrogens is 282 g/mol. The third-order valence-electron chi connectivity index (χ3n) is 4.20. The van der Waals surface area contributed by atoms with E-state index >= 15 is 0 Å². The van der Waals surface area contributed by atoms with Gasteiger partial charge in [0.2, 0.25) is 0 Å². The number of hydrogen-bond donors (Lipinski definition) is 0. The van der Waals surface area contributed by atoms with Crippen LogP contribution in [0.5, 0.6) is 0 Å². The lowest BCUT2D eigenvalue weighted by atomic mass is 9.89. The van der Waals surface area contributed by atoms with Crippen molar-refractivity contribution in [1.82, 2.24) is 0 Å². The summed E-state index contributed by atoms with van der Waals surface area (Å²) in [5.74, 6) is 0.174. The lowest BCUT2D eigenvalue weighted by Crippen LogP contribution is -2.11. The van der Waals surface area contributed by atoms with E-state index in [1.54, 1.807) is 6.07 Å². The standard InChI is InChI=1S/C17H23NO2S/c1-17(2,13-18)10-3-4-11-21(19,20)16-9-8-14-6-5-7-15(14)12-16/h8-9,12H,3-7,10-11H2,1-2H3. The van der Waals surface area contributed by atoms with Gasteiger partial charge in [0.05, 0.1) is 22.1 Å². The van der Waals surface area contributed by atoms with Gasteiger partial charge in [-0.05, 0) is 69.2 Å². The van der Waals surface area contributed by atoms with Gasteiger partial charge in [-0.1, -0.05) is 12.5 Å². The van der Waals surface area contributed by atoms with Crippen molar-refractivity contribution >= 4 is 9.84 Å². The number of sulfone groups is 1. The largest absolute Gasteiger partial charge is 0.224 e. The first-order valence-corrected chi connectivity index (χ1v) is 9.25. The Bertz CT molecular complexity index is 654. The second-order valence-corrected chi connectivity index (χ2v) is 8.66. The van der Waals surface area contributed by atoms with Gasteiger partial charge in [-0.2, -0.15) is 5.26 Å². The van der Waals surface area contributed by atoms with Crippen LogP contribution in [0.25, 0.3) is 0 Å². The maximum Gasteiger partial charge on any atom is 0.178 e. The smallest absolute Gasteiger partial charge is 0.178 e. The Morgan fingerprint density at radius 3 is 2.62 bits per heavy atom. The molecule has 0 amide bonds. The van der Waals surface area contributed by atoms with Crippen LogP contribution in [0.1, 0.15) is 50.7 Å². The average Bonchev–Trinajstić information content (AvgIpc) is 2.91. The first-order chi connectivity index (χ1) is 9.84. The normalized spacial score (nSPS) is 14.7. The summed E-state index contributed by atoms with van der Waals surface area (Å²) in [6.07, 6.45) is 5.31. The SMILES string of the molecule is CC(C)(C#N)CCCCS(=O)(=O)c1ccc2c(c1)CCC2. The number of rotatable bonds is 6. The summed E-state index contributed by atoms with van der Waals surface area (Å²) in [5, 5.41) is 8.95. The molecule has 0 N–H and O–H groups in total. The summed E-state index contributed by atoms with van der Waals surface area (Å²) in [6.45, 7) is 3.78. The minimum absolute atomic E-state index is 0.174. The summed E-state index contributed by atoms with van der Waals surface area (Å²) in [5.41, 5.74) is 2.13. The summed E-state index contributed by atoms with van der Waals surface area (Å²) >= 11 is 0. The molecule has 1 aliphatic carbocycles. The molecule has 0 aromatic heterocycles. The molecule has 0 bridgehead atoms. The fraction of sp³-hybridized carbons (Fsp3) is 0.588. The predicted octanol–water partition coefficient (Wildman–Crippen LogP) is 3.67. The van der Waals surface area contributed by atoms with E-state index in [9.17, 15) is 8.42 Å². The molecular formula is C17H23NO2S. The average molecular weight is 305 g/mol. The molecule has 0 fully saturated rings. The number of hydrogen-bond acceptors (Lipinski definition) is 3. The highest BCUT2D eigenvalue weighted by atomic mass is 32.2. The van der Waals surface area contributed by atoms with Gasteiger partial charge in [-0.3, -0.25) is 0 Å². The quantitative estimate of drug-likeness (QED) is 0.753. The summed E-state index contributed by atoms with van der Waals surface area (Å²) < 4.78 is 24.7. The Balaban J connectivity index is 1.95. The fourth-order valence-corrected chi connectivity index (χ4v) is 4.19. The van der Waals surface area contributed by atoms with Gasteiger partial charge in [-0.15, -0.1) is 0 Å². The van der Waals surface area contributed by atoms with Crippen LogP contribution >= 0.6 is 0 Å². The van der Waals surface area contributed by atoms with Crippen molar-refractivity contribution in [2.45, 2.75) is 57.3 Å². The van der Waals surface area contributed by atoms with Crippen LogP contribution in [0.15, 0.2) is 23.1 Å². The van der Waals surface area contributed by atoms with Crippen LogP contribution in [-0.4, -0.2) is 14.2 Å². The highest BCUT2D eigenvalue weighted by Gasteiger charge is 2.20. The van der Waals surface area contributed by atoms with E-state index in [1.807, 2.05) is 26.0 Å². The van der Waals surface area contributed by atoms with Crippen molar-refractivity contribution < 1.29 is 8.42 Å². The van der Waals surface area contributed by atoms with E-state index in [2.05, 4.69) is 6.07 Å². The maximum atomic E-state index is 12.4. The van der Waals surface area contributed by atoms with Crippen LogP contribution in [0.3, 0.4) is 0 Å². The van der Waals surface area contributed by atoms with E-state index in [1.165, 1.54) is 11.1 Å². The Hall–Kier alpha value is -1.34. The van der Waals surface area contributed by atoms with E-state index in [0.29, 0.717) is 11.3 Å². The monoisotopic (exact) mass is 305 g/mol. The van der Waals surface area contributed by atoms with E-state index in [0.717, 1.165) is 32.1 Å². The maximum absolute atomic E-state index is 12.4. The van der Waals surface area contributed by atoms with Crippen molar-refractivity contribution in [1.29, 1.82) is 5.26 Å². The predicted molar refractivity (Wildman–Crippen MR) is 83.8 cm³/mol. The molecule has 114 valence electrons. The zero-order valence-corrected chi connectivity index (χ0v) is 13.7. The Labute approximate surface area is 127 Å². The van der Waals surface area contributed by atoms with Gasteiger partial charge in [0, 0.05) is 0 Å². The summed E-state index contributed by atoms with van der Waals surface area (Å²) in [6, 6.07) is 7.82. The highest BCUT2D eigenvalue weighted by Crippen LogP contribution is 2.26. The number of unbranched alkanes of at least 4 members (excludes halogenated alkanes) is 1. The third-order valence-corrected chi connectivity index (χ3v) is 5.99. The molecule has 0 atom stereocenters. The van der Waals surface area contributed by atoms with Gasteiger partial charge in [-0.25, -0.2) is 8.42 Å². The summed E-state index contributed by atoms with van der Waals surface area (Å²) in [4.78, 5) is 0.461. The number of nitriles is 1. The van der Waals surface area contributed by atoms with Gasteiger partial charge in [0.15, 0.2) is 9.84 Å². The Morgan fingerprint density at radius 2 is 1.90 bits per heavy atom. The first kappa shape index (κ1) is 16.0. The molecule has 21 heavy (non-hydrogen) atoms. The second-order valence-electron chi connectivity index (χ2n) is 6.56. The number of fused-ring (bicyclic) bond motifs is 1. The van der Waals surface area contributed by atoms with Crippen LogP contribution in [-0.2, 0) is 22.7 Å². The molecule has 1 aliphatic rings. The summed E-state index contributed by atoms with van der Waals surface area (Å²) in [7, 11) is -3.19. The number of benzene rings is 1. The van der Waals surface area contributed by atoms with Crippen molar-refractivity contribution in [3.05, 3.63) is 29.3 Å². The van der Waals surface area contributed by atoms with E-state index in [-0.39, 0.29) is 11.2 Å². The molecule has 0 radical (unpaired) electrons. The van der Waals surface area contributed by atoms with Gasteiger partial charge in [0.25, 0.3) is 0 Å². The Kier molecular flexibility index (Phi) is 4.73. The zero-order valence-electron chi connectivity index (χ0n) is 12.9. The fourth-order valence-electron chi connectivity index (χ4n) is 2.77. The van der Waals surface area contributed by atoms with E-state index in [4.69, 9.17) is 5.26 Å². The first-order valence-electron chi connectivity index (χ1n) is 7.60. The zero-order chi connectivity index (χ0) is 15.5. The van der Waals surface area contributed by atoms with Crippen LogP contribution in [0.4, 0.5) is 0 Å². The van der Waals surface area contributed by atoms with Crippen LogP contribution in [0, 0.1) is 16.7 Å². The molecule has 0 saturated carbocycles. The minimum atomic E-state index is -3.19. The number of nitrogens with zero attached hydrogens (tertiary/aromatic N) is 1. The molecule has 1 aromatic carbocycles. The molecule has 4 heteroatoms. The van der Waals surface area contributed by atoms with Crippen molar-refractivity contribution in [2.75, 3.05) is 5.75 Å². The van der Waals surface area contributed by atoms with Gasteiger partial charge < -0.3 is 0 Å².